The summed E-state index contributed by atoms with van der Waals surface area (Å²) in [6.07, 6.45) is 2.25. The van der Waals surface area contributed by atoms with Crippen LogP contribution in [0.25, 0.3) is 0 Å². The summed E-state index contributed by atoms with van der Waals surface area (Å²) >= 11 is 0. The van der Waals surface area contributed by atoms with Gasteiger partial charge in [0.15, 0.2) is 0 Å². The molecule has 0 fully saturated rings. The largest absolute Gasteiger partial charge is 0.460 e. The molecule has 0 radical (unpaired) electrons. The summed E-state index contributed by atoms with van der Waals surface area (Å²) < 4.78 is 4.57. The van der Waals surface area contributed by atoms with E-state index in [-0.39, 0.29) is 6.61 Å². The van der Waals surface area contributed by atoms with Gasteiger partial charge in [-0.2, -0.15) is 0 Å². The van der Waals surface area contributed by atoms with Gasteiger partial charge in [-0.15, -0.1) is 0 Å². The molecule has 0 bridgehead atoms. The Bertz CT molecular complexity index is 171. The monoisotopic (exact) mass is 172 g/mol. The third-order valence-electron chi connectivity index (χ3n) is 0.715. The van der Waals surface area contributed by atoms with Gasteiger partial charge in [0.2, 0.25) is 6.08 Å². The fourth-order valence-corrected chi connectivity index (χ4v) is 0.273. The first-order chi connectivity index (χ1) is 5.59. The van der Waals surface area contributed by atoms with Crippen LogP contribution in [0.3, 0.4) is 0 Å². The molecule has 0 unspecified atom stereocenters. The molecule has 0 aliphatic heterocycles. The van der Waals surface area contributed by atoms with Crippen LogP contribution in [0.1, 0.15) is 6.92 Å². The number of rotatable bonds is 3. The third kappa shape index (κ3) is 11.4. The zero-order valence-electron chi connectivity index (χ0n) is 6.87. The second-order valence-electron chi connectivity index (χ2n) is 1.81. The minimum Gasteiger partial charge on any atom is -0.460 e. The predicted octanol–water partition coefficient (Wildman–Crippen LogP) is -0.0362. The van der Waals surface area contributed by atoms with Gasteiger partial charge in [-0.1, -0.05) is 12.7 Å². The van der Waals surface area contributed by atoms with Crippen LogP contribution in [-0.4, -0.2) is 24.7 Å². The average molecular weight is 172 g/mol. The number of carbonyl (C=O) groups is 1. The van der Waals surface area contributed by atoms with Gasteiger partial charge >= 0.3 is 5.97 Å². The maximum Gasteiger partial charge on any atom is 0.322 e. The van der Waals surface area contributed by atoms with E-state index in [0.717, 1.165) is 6.08 Å². The molecule has 0 heterocycles. The molecule has 5 nitrogen and oxygen atoms in total. The molecule has 0 aromatic heterocycles. The molecule has 0 saturated carbocycles. The summed E-state index contributed by atoms with van der Waals surface area (Å²) in [6.45, 7) is 5.19. The molecule has 0 spiro atoms. The summed E-state index contributed by atoms with van der Waals surface area (Å²) in [5, 5.41) is 5.40. The molecule has 0 amide bonds. The van der Waals surface area contributed by atoms with Gasteiger partial charge in [0.25, 0.3) is 0 Å². The fourth-order valence-electron chi connectivity index (χ4n) is 0.273. The van der Waals surface area contributed by atoms with E-state index in [4.69, 9.17) is 15.9 Å². The summed E-state index contributed by atoms with van der Waals surface area (Å²) in [5.74, 6) is -0.394. The number of isocyanates is 1. The van der Waals surface area contributed by atoms with Crippen LogP contribution in [0.4, 0.5) is 0 Å². The van der Waals surface area contributed by atoms with Crippen molar-refractivity contribution in [1.29, 1.82) is 5.41 Å². The first-order valence-electron chi connectivity index (χ1n) is 3.17. The Labute approximate surface area is 70.7 Å². The van der Waals surface area contributed by atoms with E-state index >= 15 is 0 Å². The van der Waals surface area contributed by atoms with Gasteiger partial charge in [0.1, 0.15) is 12.6 Å². The highest BCUT2D eigenvalue weighted by Gasteiger charge is 2.05. The van der Waals surface area contributed by atoms with E-state index in [0.29, 0.717) is 0 Å². The van der Waals surface area contributed by atoms with Crippen LogP contribution < -0.4 is 5.73 Å². The van der Waals surface area contributed by atoms with Crippen molar-refractivity contribution < 1.29 is 14.3 Å². The van der Waals surface area contributed by atoms with Crippen LogP contribution in [0.15, 0.2) is 12.7 Å². The highest BCUT2D eigenvalue weighted by atomic mass is 16.5. The number of ether oxygens (including phenoxy) is 1. The Balaban J connectivity index is 0. The zero-order valence-corrected chi connectivity index (χ0v) is 6.87. The van der Waals surface area contributed by atoms with E-state index in [2.05, 4.69) is 11.3 Å². The van der Waals surface area contributed by atoms with Crippen molar-refractivity contribution in [2.75, 3.05) is 6.61 Å². The third-order valence-corrected chi connectivity index (χ3v) is 0.715. The van der Waals surface area contributed by atoms with Gasteiger partial charge in [0.05, 0.1) is 0 Å². The molecule has 0 aliphatic rings. The fraction of sp³-hybridized carbons (Fsp3) is 0.429. The quantitative estimate of drug-likeness (QED) is 0.270. The maximum absolute atomic E-state index is 10.5. The lowest BCUT2D eigenvalue weighted by molar-refractivity contribution is -0.143. The molecule has 0 aliphatic carbocycles. The molecule has 0 aromatic carbocycles. The average Bonchev–Trinajstić information content (AvgIpc) is 2.01. The van der Waals surface area contributed by atoms with Crippen LogP contribution in [0.2, 0.25) is 0 Å². The van der Waals surface area contributed by atoms with Crippen molar-refractivity contribution >= 4 is 12.0 Å². The number of esters is 1. The molecular weight excluding hydrogens is 160 g/mol. The molecular formula is C7H12N2O3. The summed E-state index contributed by atoms with van der Waals surface area (Å²) in [5.41, 5.74) is 5.17. The number of nitrogens with two attached hydrogens (primary N) is 1. The smallest absolute Gasteiger partial charge is 0.322 e. The number of carbonyl (C=O) groups excluding carboxylic acids is 2. The Morgan fingerprint density at radius 1 is 1.92 bits per heavy atom. The van der Waals surface area contributed by atoms with Crippen molar-refractivity contribution in [3.63, 3.8) is 0 Å². The van der Waals surface area contributed by atoms with Gasteiger partial charge in [-0.3, -0.25) is 4.79 Å². The molecule has 0 saturated heterocycles. The number of hydrogen-bond donors (Lipinski definition) is 2. The molecule has 3 N–H and O–H groups in total. The number of nitrogens with one attached hydrogen (secondary N) is 1. The topological polar surface area (TPSA) is 93.2 Å². The Morgan fingerprint density at radius 3 is 2.58 bits per heavy atom. The molecule has 12 heavy (non-hydrogen) atoms. The standard InChI is InChI=1S/C6H11NO2.CHNO/c1-3-4-9-6(8)5(2)7;2-1-3/h3,5H,1,4,7H2,2H3;2H/t5-;/m0./s1. The maximum atomic E-state index is 10.5. The molecule has 1 atom stereocenters. The molecule has 0 rings (SSSR count). The van der Waals surface area contributed by atoms with E-state index in [1.54, 1.807) is 6.92 Å². The van der Waals surface area contributed by atoms with Crippen molar-refractivity contribution in [1.82, 2.24) is 0 Å². The SMILES string of the molecule is C=CCOC(=O)[C@H](C)N.N=C=O. The van der Waals surface area contributed by atoms with Crippen molar-refractivity contribution in [3.05, 3.63) is 12.7 Å². The second-order valence-corrected chi connectivity index (χ2v) is 1.81. The minimum atomic E-state index is -0.537. The van der Waals surface area contributed by atoms with Gasteiger partial charge < -0.3 is 10.5 Å². The highest BCUT2D eigenvalue weighted by Crippen LogP contribution is 1.82. The van der Waals surface area contributed by atoms with E-state index in [9.17, 15) is 4.79 Å². The van der Waals surface area contributed by atoms with Crippen LogP contribution in [-0.2, 0) is 14.3 Å². The second kappa shape index (κ2) is 9.55. The van der Waals surface area contributed by atoms with Crippen LogP contribution >= 0.6 is 0 Å². The first kappa shape index (κ1) is 13.2. The van der Waals surface area contributed by atoms with Crippen molar-refractivity contribution in [2.45, 2.75) is 13.0 Å². The lowest BCUT2D eigenvalue weighted by Crippen LogP contribution is -2.28. The first-order valence-corrected chi connectivity index (χ1v) is 3.17. The van der Waals surface area contributed by atoms with Crippen LogP contribution in [0.5, 0.6) is 0 Å². The summed E-state index contributed by atoms with van der Waals surface area (Å²) in [7, 11) is 0. The van der Waals surface area contributed by atoms with E-state index in [1.807, 2.05) is 0 Å². The predicted molar refractivity (Wildman–Crippen MR) is 43.2 cm³/mol. The molecule has 68 valence electrons. The minimum absolute atomic E-state index is 0.236. The Hall–Kier alpha value is -1.45. The van der Waals surface area contributed by atoms with Crippen molar-refractivity contribution in [3.8, 4) is 0 Å². The van der Waals surface area contributed by atoms with Crippen LogP contribution in [0, 0.1) is 5.41 Å². The van der Waals surface area contributed by atoms with E-state index < -0.39 is 12.0 Å². The molecule has 0 aromatic rings. The van der Waals surface area contributed by atoms with Crippen molar-refractivity contribution in [2.24, 2.45) is 5.73 Å². The normalized spacial score (nSPS) is 9.83. The lowest BCUT2D eigenvalue weighted by Gasteiger charge is -2.02. The lowest BCUT2D eigenvalue weighted by atomic mass is 10.4. The van der Waals surface area contributed by atoms with Gasteiger partial charge in [0, 0.05) is 0 Å². The Kier molecular flexibility index (Phi) is 10.5. The van der Waals surface area contributed by atoms with Gasteiger partial charge in [-0.25, -0.2) is 10.2 Å². The zero-order chi connectivity index (χ0) is 9.98. The summed E-state index contributed by atoms with van der Waals surface area (Å²) in [6, 6.07) is -0.537. The Morgan fingerprint density at radius 2 is 2.33 bits per heavy atom. The summed E-state index contributed by atoms with van der Waals surface area (Å²) in [4.78, 5) is 18.9. The molecule has 5 heteroatoms. The highest BCUT2D eigenvalue weighted by molar-refractivity contribution is 5.74. The van der Waals surface area contributed by atoms with Gasteiger partial charge in [-0.05, 0) is 6.92 Å². The number of hydrogen-bond acceptors (Lipinski definition) is 5. The van der Waals surface area contributed by atoms with E-state index in [1.165, 1.54) is 6.08 Å².